The van der Waals surface area contributed by atoms with Gasteiger partial charge >= 0.3 is 11.9 Å². The normalized spacial score (nSPS) is 14.4. The molecule has 0 aliphatic heterocycles. The molecule has 0 aromatic rings. The number of carbonyl (C=O) groups excluding carboxylic acids is 2. The number of allylic oxidation sites excluding steroid dienone is 10. The average Bonchev–Trinajstić information content (AvgIpc) is 2.78. The summed E-state index contributed by atoms with van der Waals surface area (Å²) in [6.07, 6.45) is 27.5. The van der Waals surface area contributed by atoms with Crippen LogP contribution in [-0.2, 0) is 19.1 Å². The highest BCUT2D eigenvalue weighted by Gasteiger charge is 2.09. The van der Waals surface area contributed by atoms with E-state index in [1.54, 1.807) is 6.08 Å². The summed E-state index contributed by atoms with van der Waals surface area (Å²) in [6.45, 7) is 2.96. The average molecular weight is 461 g/mol. The van der Waals surface area contributed by atoms with E-state index in [4.69, 9.17) is 4.74 Å². The van der Waals surface area contributed by atoms with Crippen molar-refractivity contribution in [2.45, 2.75) is 71.0 Å². The molecule has 0 heterocycles. The van der Waals surface area contributed by atoms with E-state index in [0.29, 0.717) is 12.8 Å². The Hall–Kier alpha value is -2.70. The van der Waals surface area contributed by atoms with Gasteiger partial charge in [0.05, 0.1) is 6.10 Å². The maximum atomic E-state index is 11.6. The third-order valence-corrected chi connectivity index (χ3v) is 4.11. The minimum atomic E-state index is -1.00. The van der Waals surface area contributed by atoms with Crippen molar-refractivity contribution in [1.29, 1.82) is 0 Å². The topological polar surface area (TPSA) is 93.1 Å². The largest absolute Gasteiger partial charge is 0.463 e. The molecule has 184 valence electrons. The molecule has 0 radical (unpaired) electrons. The molecule has 0 aliphatic carbocycles. The summed E-state index contributed by atoms with van der Waals surface area (Å²) in [6, 6.07) is 0. The lowest BCUT2D eigenvalue weighted by Gasteiger charge is -2.10. The summed E-state index contributed by atoms with van der Waals surface area (Å²) in [7, 11) is 0. The minimum Gasteiger partial charge on any atom is -0.463 e. The van der Waals surface area contributed by atoms with Gasteiger partial charge in [0.25, 0.3) is 0 Å². The second-order valence-corrected chi connectivity index (χ2v) is 7.30. The highest BCUT2D eigenvalue weighted by molar-refractivity contribution is 5.69. The van der Waals surface area contributed by atoms with Gasteiger partial charge in [-0.2, -0.15) is 0 Å². The van der Waals surface area contributed by atoms with Gasteiger partial charge in [-0.05, 0) is 38.5 Å². The number of aliphatic hydroxyl groups excluding tert-OH is 2. The Kier molecular flexibility index (Phi) is 20.7. The van der Waals surface area contributed by atoms with Crippen LogP contribution < -0.4 is 0 Å². The van der Waals surface area contributed by atoms with Crippen LogP contribution in [0.3, 0.4) is 0 Å². The molecule has 0 rings (SSSR count). The van der Waals surface area contributed by atoms with Gasteiger partial charge in [-0.1, -0.05) is 79.8 Å². The molecule has 0 fully saturated rings. The molecule has 33 heavy (non-hydrogen) atoms. The third-order valence-electron chi connectivity index (χ3n) is 4.11. The molecule has 6 heteroatoms. The monoisotopic (exact) mass is 460 g/mol. The maximum Gasteiger partial charge on any atom is 0.306 e. The molecule has 0 saturated carbocycles. The first-order valence-electron chi connectivity index (χ1n) is 11.5. The number of hydrogen-bond donors (Lipinski definition) is 2. The van der Waals surface area contributed by atoms with Crippen molar-refractivity contribution in [1.82, 2.24) is 0 Å². The molecule has 0 aliphatic rings. The Morgan fingerprint density at radius 3 is 2.03 bits per heavy atom. The molecule has 6 nitrogen and oxygen atoms in total. The summed E-state index contributed by atoms with van der Waals surface area (Å²) in [5.74, 6) is -0.882. The van der Waals surface area contributed by atoms with Gasteiger partial charge in [0.1, 0.15) is 19.3 Å². The predicted octanol–water partition coefficient (Wildman–Crippen LogP) is 4.90. The number of hydrogen-bond acceptors (Lipinski definition) is 6. The van der Waals surface area contributed by atoms with Crippen LogP contribution in [0.5, 0.6) is 0 Å². The second-order valence-electron chi connectivity index (χ2n) is 7.30. The van der Waals surface area contributed by atoms with Crippen LogP contribution in [0.25, 0.3) is 0 Å². The molecule has 0 aromatic carbocycles. The zero-order valence-electron chi connectivity index (χ0n) is 20.0. The van der Waals surface area contributed by atoms with E-state index < -0.39 is 24.1 Å². The first-order valence-corrected chi connectivity index (χ1v) is 11.5. The fourth-order valence-electron chi connectivity index (χ4n) is 2.39. The standard InChI is InChI=1S/C27H40O6/c1-3-4-16-19-25(29)20-17-14-12-10-8-6-5-7-9-11-13-15-18-21-27(31)33-23-26(30)22-32-24(2)28/h4,6-9,12-17,20,25-26,29-30H,3,5,10-11,18-19,21-23H2,1-2H3/b8-6-,9-7-,14-12+,15-13-,16-4-,20-17+/t25?,26-/m1/s1. The molecule has 0 bridgehead atoms. The van der Waals surface area contributed by atoms with Crippen molar-refractivity contribution in [3.05, 3.63) is 72.9 Å². The summed E-state index contributed by atoms with van der Waals surface area (Å²) in [4.78, 5) is 22.2. The van der Waals surface area contributed by atoms with Crippen LogP contribution in [0.4, 0.5) is 0 Å². The Morgan fingerprint density at radius 2 is 1.39 bits per heavy atom. The molecular formula is C27H40O6. The van der Waals surface area contributed by atoms with Gasteiger partial charge < -0.3 is 19.7 Å². The van der Waals surface area contributed by atoms with E-state index >= 15 is 0 Å². The number of esters is 2. The molecule has 2 N–H and O–H groups in total. The number of rotatable bonds is 18. The van der Waals surface area contributed by atoms with E-state index in [1.807, 2.05) is 36.5 Å². The summed E-state index contributed by atoms with van der Waals surface area (Å²) in [5.41, 5.74) is 0. The van der Waals surface area contributed by atoms with Crippen molar-refractivity contribution >= 4 is 11.9 Å². The van der Waals surface area contributed by atoms with E-state index in [1.165, 1.54) is 6.92 Å². The Morgan fingerprint density at radius 1 is 0.788 bits per heavy atom. The Balaban J connectivity index is 3.72. The molecule has 0 aromatic heterocycles. The molecule has 1 unspecified atom stereocenters. The summed E-state index contributed by atoms with van der Waals surface area (Å²) in [5, 5.41) is 19.2. The van der Waals surface area contributed by atoms with Gasteiger partial charge in [0, 0.05) is 13.3 Å². The Bertz CT molecular complexity index is 685. The predicted molar refractivity (Wildman–Crippen MR) is 132 cm³/mol. The van der Waals surface area contributed by atoms with Crippen molar-refractivity contribution in [2.75, 3.05) is 13.2 Å². The third kappa shape index (κ3) is 23.8. The Labute approximate surface area is 198 Å². The minimum absolute atomic E-state index is 0.180. The van der Waals surface area contributed by atoms with E-state index in [-0.39, 0.29) is 19.6 Å². The van der Waals surface area contributed by atoms with Crippen molar-refractivity contribution in [3.63, 3.8) is 0 Å². The lowest BCUT2D eigenvalue weighted by Crippen LogP contribution is -2.24. The fourth-order valence-corrected chi connectivity index (χ4v) is 2.39. The highest BCUT2D eigenvalue weighted by Crippen LogP contribution is 2.00. The van der Waals surface area contributed by atoms with Gasteiger partial charge in [-0.25, -0.2) is 0 Å². The van der Waals surface area contributed by atoms with Crippen LogP contribution in [0.1, 0.15) is 58.8 Å². The van der Waals surface area contributed by atoms with Gasteiger partial charge in [0.2, 0.25) is 0 Å². The van der Waals surface area contributed by atoms with E-state index in [2.05, 4.69) is 42.0 Å². The fraction of sp³-hybridized carbons (Fsp3) is 0.481. The van der Waals surface area contributed by atoms with Crippen molar-refractivity contribution in [2.24, 2.45) is 0 Å². The summed E-state index contributed by atoms with van der Waals surface area (Å²) >= 11 is 0. The second kappa shape index (κ2) is 22.5. The lowest BCUT2D eigenvalue weighted by atomic mass is 10.2. The van der Waals surface area contributed by atoms with Crippen LogP contribution in [0.15, 0.2) is 72.9 Å². The maximum absolute atomic E-state index is 11.6. The quantitative estimate of drug-likeness (QED) is 0.172. The van der Waals surface area contributed by atoms with Gasteiger partial charge in [-0.15, -0.1) is 0 Å². The van der Waals surface area contributed by atoms with Crippen LogP contribution in [0.2, 0.25) is 0 Å². The smallest absolute Gasteiger partial charge is 0.306 e. The van der Waals surface area contributed by atoms with Crippen LogP contribution in [-0.4, -0.2) is 47.6 Å². The molecule has 0 spiro atoms. The lowest BCUT2D eigenvalue weighted by molar-refractivity contribution is -0.151. The van der Waals surface area contributed by atoms with E-state index in [0.717, 1.165) is 25.7 Å². The zero-order chi connectivity index (χ0) is 24.6. The zero-order valence-corrected chi connectivity index (χ0v) is 20.0. The highest BCUT2D eigenvalue weighted by atomic mass is 16.6. The first kappa shape index (κ1) is 30.3. The SMILES string of the molecule is CC/C=C\CC(O)/C=C/C=C/C/C=C\C/C=C\C/C=C\CCC(=O)OC[C@H](O)COC(C)=O. The van der Waals surface area contributed by atoms with Crippen LogP contribution >= 0.6 is 0 Å². The molecule has 0 saturated heterocycles. The molecule has 0 amide bonds. The van der Waals surface area contributed by atoms with Crippen LogP contribution in [0, 0.1) is 0 Å². The number of ether oxygens (including phenoxy) is 2. The first-order chi connectivity index (χ1) is 16.0. The van der Waals surface area contributed by atoms with E-state index in [9.17, 15) is 19.8 Å². The number of carbonyl (C=O) groups is 2. The van der Waals surface area contributed by atoms with Crippen molar-refractivity contribution in [3.8, 4) is 0 Å². The van der Waals surface area contributed by atoms with Gasteiger partial charge in [0.15, 0.2) is 0 Å². The molecular weight excluding hydrogens is 420 g/mol. The van der Waals surface area contributed by atoms with Crippen molar-refractivity contribution < 1.29 is 29.3 Å². The summed E-state index contributed by atoms with van der Waals surface area (Å²) < 4.78 is 9.55. The molecule has 2 atom stereocenters. The number of aliphatic hydroxyl groups is 2. The van der Waals surface area contributed by atoms with Gasteiger partial charge in [-0.3, -0.25) is 9.59 Å².